The lowest BCUT2D eigenvalue weighted by Gasteiger charge is -2.38. The van der Waals surface area contributed by atoms with Crippen LogP contribution in [0.4, 0.5) is 0 Å². The number of nitrogens with two attached hydrogens (primary N) is 1. The van der Waals surface area contributed by atoms with Crippen molar-refractivity contribution in [3.05, 3.63) is 69.2 Å². The summed E-state index contributed by atoms with van der Waals surface area (Å²) in [6.45, 7) is 8.20. The van der Waals surface area contributed by atoms with Crippen molar-refractivity contribution in [1.82, 2.24) is 30.2 Å². The Labute approximate surface area is 197 Å². The monoisotopic (exact) mass is 458 g/mol. The molecule has 3 N–H and O–H groups in total. The van der Waals surface area contributed by atoms with E-state index in [4.69, 9.17) is 15.7 Å². The normalized spacial score (nSPS) is 20.1. The number of carbonyl (C=O) groups is 1. The van der Waals surface area contributed by atoms with Gasteiger partial charge in [0.15, 0.2) is 5.82 Å². The van der Waals surface area contributed by atoms with Gasteiger partial charge in [-0.1, -0.05) is 11.3 Å². The maximum absolute atomic E-state index is 11.9. The molecule has 10 nitrogen and oxygen atoms in total. The van der Waals surface area contributed by atoms with E-state index < -0.39 is 0 Å². The molecule has 0 spiro atoms. The number of piperazine rings is 1. The Hall–Kier alpha value is -3.65. The molecule has 0 bridgehead atoms. The van der Waals surface area contributed by atoms with E-state index in [0.717, 1.165) is 40.2 Å². The average molecular weight is 459 g/mol. The van der Waals surface area contributed by atoms with Crippen molar-refractivity contribution < 1.29 is 9.53 Å². The van der Waals surface area contributed by atoms with Crippen LogP contribution < -0.4 is 11.1 Å². The molecule has 0 amide bonds. The quantitative estimate of drug-likeness (QED) is 0.558. The van der Waals surface area contributed by atoms with Gasteiger partial charge in [-0.2, -0.15) is 9.94 Å². The zero-order valence-corrected chi connectivity index (χ0v) is 19.4. The Morgan fingerprint density at radius 2 is 2.12 bits per heavy atom. The van der Waals surface area contributed by atoms with E-state index >= 15 is 0 Å². The zero-order chi connectivity index (χ0) is 24.0. The number of fused-ring (bicyclic) bond motifs is 1. The molecule has 0 aliphatic carbocycles. The predicted octanol–water partition coefficient (Wildman–Crippen LogP) is 1.56. The number of nitriles is 1. The second-order valence-corrected chi connectivity index (χ2v) is 8.90. The number of hydrogen-bond acceptors (Lipinski definition) is 9. The Morgan fingerprint density at radius 3 is 2.88 bits per heavy atom. The lowest BCUT2D eigenvalue weighted by molar-refractivity contribution is 0.0535. The number of benzene rings is 1. The first kappa shape index (κ1) is 22.2. The van der Waals surface area contributed by atoms with Crippen molar-refractivity contribution in [2.24, 2.45) is 5.73 Å². The number of esters is 1. The largest absolute Gasteiger partial charge is 0.457 e. The lowest BCUT2D eigenvalue weighted by atomic mass is 9.93. The van der Waals surface area contributed by atoms with Crippen molar-refractivity contribution in [2.75, 3.05) is 13.1 Å². The van der Waals surface area contributed by atoms with Gasteiger partial charge in [-0.3, -0.25) is 10.2 Å². The number of nitrogens with zero attached hydrogens (tertiary/aromatic N) is 6. The fourth-order valence-corrected chi connectivity index (χ4v) is 4.75. The second kappa shape index (κ2) is 8.61. The third-order valence-electron chi connectivity index (χ3n) is 6.69. The molecule has 1 aromatic carbocycles. The average Bonchev–Trinajstić information content (AvgIpc) is 3.37. The summed E-state index contributed by atoms with van der Waals surface area (Å²) < 4.78 is 6.91. The van der Waals surface area contributed by atoms with E-state index in [2.05, 4.69) is 31.6 Å². The Kier molecular flexibility index (Phi) is 5.61. The maximum atomic E-state index is 11.9. The van der Waals surface area contributed by atoms with Crippen molar-refractivity contribution in [2.45, 2.75) is 46.1 Å². The van der Waals surface area contributed by atoms with Gasteiger partial charge in [0.05, 0.1) is 23.0 Å². The smallest absolute Gasteiger partial charge is 0.338 e. The van der Waals surface area contributed by atoms with Gasteiger partial charge < -0.3 is 10.5 Å². The first-order chi connectivity index (χ1) is 16.4. The summed E-state index contributed by atoms with van der Waals surface area (Å²) in [5.41, 5.74) is 13.3. The molecule has 0 saturated carbocycles. The molecular weight excluding hydrogens is 432 g/mol. The highest BCUT2D eigenvalue weighted by molar-refractivity contribution is 5.94. The minimum atomic E-state index is -0.259. The highest BCUT2D eigenvalue weighted by Crippen LogP contribution is 2.31. The third-order valence-corrected chi connectivity index (χ3v) is 6.69. The molecule has 3 aromatic rings. The molecule has 2 aliphatic heterocycles. The third kappa shape index (κ3) is 3.84. The molecule has 174 valence electrons. The van der Waals surface area contributed by atoms with Crippen LogP contribution in [0.1, 0.15) is 55.6 Å². The first-order valence-corrected chi connectivity index (χ1v) is 11.2. The number of pyridine rings is 1. The summed E-state index contributed by atoms with van der Waals surface area (Å²) in [5.74, 6) is 0.373. The zero-order valence-electron chi connectivity index (χ0n) is 19.4. The number of carbonyl (C=O) groups excluding carboxylic acids is 1. The molecule has 2 aliphatic rings. The SMILES string of the molecule is Cc1cc(-n2nnc(CN3C[C@@H](c4ccc5c(c4C)COC5=O)N[C@@H](N)C3)c2C)ncc1C#N. The molecular formula is C24H26N8O2. The summed E-state index contributed by atoms with van der Waals surface area (Å²) in [6.07, 6.45) is 1.35. The molecule has 4 heterocycles. The summed E-state index contributed by atoms with van der Waals surface area (Å²) in [5, 5.41) is 21.4. The fraction of sp³-hybridized carbons (Fsp3) is 0.375. The molecule has 2 aromatic heterocycles. The number of aromatic nitrogens is 4. The van der Waals surface area contributed by atoms with E-state index in [0.29, 0.717) is 36.6 Å². The van der Waals surface area contributed by atoms with Crippen molar-refractivity contribution >= 4 is 5.97 Å². The minimum Gasteiger partial charge on any atom is -0.457 e. The van der Waals surface area contributed by atoms with Crippen LogP contribution in [0.15, 0.2) is 24.4 Å². The van der Waals surface area contributed by atoms with Crippen LogP contribution >= 0.6 is 0 Å². The Morgan fingerprint density at radius 1 is 1.29 bits per heavy atom. The van der Waals surface area contributed by atoms with Crippen molar-refractivity contribution in [3.63, 3.8) is 0 Å². The number of rotatable bonds is 4. The first-order valence-electron chi connectivity index (χ1n) is 11.2. The fourth-order valence-electron chi connectivity index (χ4n) is 4.75. The van der Waals surface area contributed by atoms with E-state index in [1.165, 1.54) is 0 Å². The van der Waals surface area contributed by atoms with E-state index in [-0.39, 0.29) is 18.2 Å². The van der Waals surface area contributed by atoms with Crippen LogP contribution in [0.25, 0.3) is 5.82 Å². The molecule has 34 heavy (non-hydrogen) atoms. The number of nitrogens with one attached hydrogen (secondary N) is 1. The Bertz CT molecular complexity index is 1330. The summed E-state index contributed by atoms with van der Waals surface area (Å²) in [6, 6.07) is 7.83. The van der Waals surface area contributed by atoms with Gasteiger partial charge >= 0.3 is 5.97 Å². The number of ether oxygens (including phenoxy) is 1. The molecule has 0 unspecified atom stereocenters. The number of aryl methyl sites for hydroxylation is 1. The van der Waals surface area contributed by atoms with Crippen LogP contribution in [0.2, 0.25) is 0 Å². The molecule has 0 radical (unpaired) electrons. The summed E-state index contributed by atoms with van der Waals surface area (Å²) in [4.78, 5) is 18.5. The van der Waals surface area contributed by atoms with Crippen LogP contribution in [-0.4, -0.2) is 50.1 Å². The molecule has 5 rings (SSSR count). The molecule has 2 atom stereocenters. The van der Waals surface area contributed by atoms with Gasteiger partial charge in [0, 0.05) is 37.4 Å². The maximum Gasteiger partial charge on any atom is 0.338 e. The van der Waals surface area contributed by atoms with Gasteiger partial charge in [-0.25, -0.2) is 9.78 Å². The summed E-state index contributed by atoms with van der Waals surface area (Å²) >= 11 is 0. The van der Waals surface area contributed by atoms with E-state index in [1.54, 1.807) is 10.9 Å². The van der Waals surface area contributed by atoms with Crippen LogP contribution in [0.5, 0.6) is 0 Å². The van der Waals surface area contributed by atoms with Crippen LogP contribution in [0.3, 0.4) is 0 Å². The van der Waals surface area contributed by atoms with E-state index in [1.807, 2.05) is 39.0 Å². The van der Waals surface area contributed by atoms with Crippen molar-refractivity contribution in [1.29, 1.82) is 5.26 Å². The standard InChI is InChI=1S/C24H26N8O2/c1-13-6-23(27-8-16(13)7-25)32-15(3)20(29-30-32)9-31-10-21(28-22(26)11-31)17-4-5-18-19(14(17)2)12-34-24(18)33/h4-6,8,21-22,28H,9-12,26H2,1-3H3/t21-,22+/m0/s1. The lowest BCUT2D eigenvalue weighted by Crippen LogP contribution is -2.56. The van der Waals surface area contributed by atoms with Gasteiger partial charge in [-0.05, 0) is 49.6 Å². The highest BCUT2D eigenvalue weighted by atomic mass is 16.5. The van der Waals surface area contributed by atoms with Gasteiger partial charge in [0.25, 0.3) is 0 Å². The summed E-state index contributed by atoms with van der Waals surface area (Å²) in [7, 11) is 0. The predicted molar refractivity (Wildman–Crippen MR) is 123 cm³/mol. The van der Waals surface area contributed by atoms with E-state index in [9.17, 15) is 4.79 Å². The van der Waals surface area contributed by atoms with Crippen LogP contribution in [-0.2, 0) is 17.9 Å². The van der Waals surface area contributed by atoms with Gasteiger partial charge in [-0.15, -0.1) is 5.10 Å². The minimum absolute atomic E-state index is 0.0166. The van der Waals surface area contributed by atoms with Crippen LogP contribution in [0, 0.1) is 32.1 Å². The van der Waals surface area contributed by atoms with Gasteiger partial charge in [0.2, 0.25) is 0 Å². The highest BCUT2D eigenvalue weighted by Gasteiger charge is 2.31. The van der Waals surface area contributed by atoms with Gasteiger partial charge in [0.1, 0.15) is 18.4 Å². The van der Waals surface area contributed by atoms with Crippen molar-refractivity contribution in [3.8, 4) is 11.9 Å². The second-order valence-electron chi connectivity index (χ2n) is 8.90. The molecule has 1 fully saturated rings. The Balaban J connectivity index is 1.36. The number of cyclic esters (lactones) is 1. The molecule has 10 heteroatoms. The number of hydrogen-bond donors (Lipinski definition) is 2. The topological polar surface area (TPSA) is 135 Å². The molecule has 1 saturated heterocycles.